The minimum absolute atomic E-state index is 0. The molecule has 0 amide bonds. The van der Waals surface area contributed by atoms with E-state index in [-0.39, 0.29) is 18.2 Å². The Morgan fingerprint density at radius 2 is 1.69 bits per heavy atom. The van der Waals surface area contributed by atoms with E-state index in [0.717, 1.165) is 0 Å². The number of nitrogens with two attached hydrogens (primary N) is 1. The van der Waals surface area contributed by atoms with E-state index in [1.165, 1.54) is 0 Å². The molecule has 0 unspecified atom stereocenters. The summed E-state index contributed by atoms with van der Waals surface area (Å²) in [5, 5.41) is 8.01. The lowest BCUT2D eigenvalue weighted by Gasteiger charge is -1.96. The summed E-state index contributed by atoms with van der Waals surface area (Å²) >= 11 is 3.65. The first-order valence-corrected chi connectivity index (χ1v) is 4.75. The largest absolute Gasteiger partial charge is 0.480 e. The molecule has 0 saturated heterocycles. The molecule has 7 nitrogen and oxygen atoms in total. The summed E-state index contributed by atoms with van der Waals surface area (Å²) in [6, 6.07) is -0.816. The van der Waals surface area contributed by atoms with Gasteiger partial charge in [0.25, 0.3) is 0 Å². The Labute approximate surface area is 86.0 Å². The van der Waals surface area contributed by atoms with Crippen molar-refractivity contribution in [3.05, 3.63) is 0 Å². The van der Waals surface area contributed by atoms with Crippen LogP contribution in [0.1, 0.15) is 0 Å². The van der Waals surface area contributed by atoms with Gasteiger partial charge >= 0.3 is 13.8 Å². The maximum Gasteiger partial charge on any atom is 0.466 e. The number of hydrogen-bond donors (Lipinski definition) is 6. The van der Waals surface area contributed by atoms with E-state index in [4.69, 9.17) is 30.1 Å². The van der Waals surface area contributed by atoms with E-state index in [1.54, 1.807) is 0 Å². The first-order valence-electron chi connectivity index (χ1n) is 2.56. The van der Waals surface area contributed by atoms with Crippen molar-refractivity contribution in [2.45, 2.75) is 6.04 Å². The molecule has 82 valence electrons. The number of carboxylic acids is 1. The zero-order valence-corrected chi connectivity index (χ0v) is 8.88. The highest BCUT2D eigenvalue weighted by atomic mass is 35.5. The Hall–Kier alpha value is 0.180. The van der Waals surface area contributed by atoms with E-state index in [9.17, 15) is 4.79 Å². The molecule has 0 spiro atoms. The van der Waals surface area contributed by atoms with Crippen LogP contribution in [-0.4, -0.2) is 37.6 Å². The number of carboxylic acid groups (broad SMARTS) is 1. The minimum Gasteiger partial charge on any atom is -0.480 e. The number of halogens is 1. The van der Waals surface area contributed by atoms with Gasteiger partial charge in [-0.25, -0.2) is 4.57 Å². The predicted molar refractivity (Wildman–Crippen MR) is 51.0 cm³/mol. The SMILES string of the molecule is Cl.N[C@@H](CS)C(=O)O.O=P(O)(O)O. The summed E-state index contributed by atoms with van der Waals surface area (Å²) in [5.41, 5.74) is 4.94. The van der Waals surface area contributed by atoms with Gasteiger partial charge in [0.1, 0.15) is 6.04 Å². The van der Waals surface area contributed by atoms with Gasteiger partial charge < -0.3 is 25.5 Å². The molecule has 10 heteroatoms. The van der Waals surface area contributed by atoms with Crippen LogP contribution in [0, 0.1) is 0 Å². The molecule has 0 radical (unpaired) electrons. The normalized spacial score (nSPS) is 11.8. The lowest BCUT2D eigenvalue weighted by atomic mass is 10.4. The summed E-state index contributed by atoms with van der Waals surface area (Å²) in [6.07, 6.45) is 0. The average molecular weight is 256 g/mol. The highest BCUT2D eigenvalue weighted by Gasteiger charge is 2.06. The molecule has 13 heavy (non-hydrogen) atoms. The molecule has 0 aliphatic rings. The van der Waals surface area contributed by atoms with Crippen molar-refractivity contribution in [1.29, 1.82) is 0 Å². The second kappa shape index (κ2) is 8.76. The molecule has 6 N–H and O–H groups in total. The molecule has 0 rings (SSSR count). The Morgan fingerprint density at radius 3 is 1.69 bits per heavy atom. The number of thiol groups is 1. The van der Waals surface area contributed by atoms with E-state index in [2.05, 4.69) is 12.6 Å². The number of carbonyl (C=O) groups is 1. The Morgan fingerprint density at radius 1 is 1.46 bits per heavy atom. The minimum atomic E-state index is -4.64. The topological polar surface area (TPSA) is 141 Å². The lowest BCUT2D eigenvalue weighted by molar-refractivity contribution is -0.137. The van der Waals surface area contributed by atoms with Crippen LogP contribution in [-0.2, 0) is 9.36 Å². The molecule has 1 atom stereocenters. The van der Waals surface area contributed by atoms with Crippen LogP contribution in [0.2, 0.25) is 0 Å². The van der Waals surface area contributed by atoms with E-state index in [1.807, 2.05) is 0 Å². The molecular weight excluding hydrogens is 245 g/mol. The smallest absolute Gasteiger partial charge is 0.466 e. The van der Waals surface area contributed by atoms with Crippen LogP contribution in [0.4, 0.5) is 0 Å². The van der Waals surface area contributed by atoms with Crippen molar-refractivity contribution < 1.29 is 29.1 Å². The molecule has 0 aromatic carbocycles. The second-order valence-electron chi connectivity index (χ2n) is 1.64. The molecule has 0 aromatic heterocycles. The molecule has 0 heterocycles. The lowest BCUT2D eigenvalue weighted by Crippen LogP contribution is -2.31. The summed E-state index contributed by atoms with van der Waals surface area (Å²) in [5.74, 6) is -0.815. The Balaban J connectivity index is -0.000000150. The first kappa shape index (κ1) is 18.9. The van der Waals surface area contributed by atoms with E-state index < -0.39 is 19.8 Å². The maximum absolute atomic E-state index is 9.76. The maximum atomic E-state index is 9.76. The summed E-state index contributed by atoms with van der Waals surface area (Å²) < 4.78 is 8.88. The molecule has 0 aliphatic heterocycles. The van der Waals surface area contributed by atoms with Crippen LogP contribution >= 0.6 is 32.9 Å². The van der Waals surface area contributed by atoms with E-state index in [0.29, 0.717) is 0 Å². The van der Waals surface area contributed by atoms with E-state index >= 15 is 0 Å². The summed E-state index contributed by atoms with van der Waals surface area (Å²) in [7, 11) is -4.64. The van der Waals surface area contributed by atoms with Crippen molar-refractivity contribution in [3.8, 4) is 0 Å². The van der Waals surface area contributed by atoms with Gasteiger partial charge in [-0.15, -0.1) is 12.4 Å². The molecule has 0 aliphatic carbocycles. The van der Waals surface area contributed by atoms with Gasteiger partial charge in [-0.05, 0) is 0 Å². The van der Waals surface area contributed by atoms with Gasteiger partial charge in [-0.1, -0.05) is 0 Å². The third kappa shape index (κ3) is 33.0. The van der Waals surface area contributed by atoms with Crippen LogP contribution in [0.3, 0.4) is 0 Å². The number of hydrogen-bond acceptors (Lipinski definition) is 4. The first-order chi connectivity index (χ1) is 5.18. The van der Waals surface area contributed by atoms with Crippen molar-refractivity contribution >= 4 is 38.8 Å². The number of aliphatic carboxylic acids is 1. The Kier molecular flexibility index (Phi) is 12.7. The van der Waals surface area contributed by atoms with Crippen LogP contribution in [0.5, 0.6) is 0 Å². The monoisotopic (exact) mass is 255 g/mol. The molecule has 0 saturated carbocycles. The van der Waals surface area contributed by atoms with Crippen molar-refractivity contribution in [1.82, 2.24) is 0 Å². The van der Waals surface area contributed by atoms with Gasteiger partial charge in [0.05, 0.1) is 0 Å². The molecule has 0 aromatic rings. The summed E-state index contributed by atoms with van der Waals surface area (Å²) in [4.78, 5) is 31.3. The quantitative estimate of drug-likeness (QED) is 0.269. The summed E-state index contributed by atoms with van der Waals surface area (Å²) in [6.45, 7) is 0. The third-order valence-corrected chi connectivity index (χ3v) is 0.907. The van der Waals surface area contributed by atoms with Crippen molar-refractivity contribution in [3.63, 3.8) is 0 Å². The zero-order valence-electron chi connectivity index (χ0n) is 6.27. The van der Waals surface area contributed by atoms with Gasteiger partial charge in [-0.2, -0.15) is 12.6 Å². The zero-order chi connectivity index (χ0) is 10.4. The number of phosphoric acid groups is 1. The van der Waals surface area contributed by atoms with Crippen LogP contribution in [0.25, 0.3) is 0 Å². The number of rotatable bonds is 2. The standard InChI is InChI=1S/C3H7NO2S.ClH.H3O4P/c4-2(1-7)3(5)6;;1-5(2,3)4/h2,7H,1,4H2,(H,5,6);1H;(H3,1,2,3,4)/t2-;;/m0../s1. The fraction of sp³-hybridized carbons (Fsp3) is 0.667. The van der Waals surface area contributed by atoms with Gasteiger partial charge in [0.15, 0.2) is 0 Å². The van der Waals surface area contributed by atoms with Crippen molar-refractivity contribution in [2.75, 3.05) is 5.75 Å². The third-order valence-electron chi connectivity index (χ3n) is 0.514. The fourth-order valence-electron chi connectivity index (χ4n) is 0.0781. The van der Waals surface area contributed by atoms with Crippen LogP contribution in [0.15, 0.2) is 0 Å². The molecular formula is C3H11ClNO6PS. The second-order valence-corrected chi connectivity index (χ2v) is 3.03. The Bertz CT molecular complexity index is 176. The van der Waals surface area contributed by atoms with Gasteiger partial charge in [-0.3, -0.25) is 4.79 Å². The average Bonchev–Trinajstić information content (AvgIpc) is 1.82. The molecule has 0 bridgehead atoms. The highest BCUT2D eigenvalue weighted by molar-refractivity contribution is 7.80. The van der Waals surface area contributed by atoms with Gasteiger partial charge in [0, 0.05) is 5.75 Å². The molecule has 0 fully saturated rings. The van der Waals surface area contributed by atoms with Gasteiger partial charge in [0.2, 0.25) is 0 Å². The van der Waals surface area contributed by atoms with Crippen LogP contribution < -0.4 is 5.73 Å². The predicted octanol–water partition coefficient (Wildman–Crippen LogP) is -1.18. The highest BCUT2D eigenvalue weighted by Crippen LogP contribution is 2.25. The fourth-order valence-corrected chi connectivity index (χ4v) is 0.234. The van der Waals surface area contributed by atoms with Crippen molar-refractivity contribution in [2.24, 2.45) is 5.73 Å².